The van der Waals surface area contributed by atoms with E-state index in [0.29, 0.717) is 18.5 Å². The van der Waals surface area contributed by atoms with Crippen molar-refractivity contribution >= 4 is 11.9 Å². The standard InChI is InChI=1S/C15H21NO4/c1-16(2)11-10-15(14(19)20,9-8-13(17)18)12-6-4-3-5-7-12/h3-7H,8-11H2,1-2H3,(H,17,18)(H,19,20)/t15-/m0/s1. The second-order valence-corrected chi connectivity index (χ2v) is 5.20. The zero-order valence-corrected chi connectivity index (χ0v) is 11.9. The summed E-state index contributed by atoms with van der Waals surface area (Å²) in [5, 5.41) is 18.6. The summed E-state index contributed by atoms with van der Waals surface area (Å²) in [6.45, 7) is 0.584. The molecule has 0 aliphatic rings. The highest BCUT2D eigenvalue weighted by molar-refractivity contribution is 5.82. The molecule has 0 aliphatic heterocycles. The van der Waals surface area contributed by atoms with Crippen LogP contribution in [-0.2, 0) is 15.0 Å². The molecule has 0 fully saturated rings. The average Bonchev–Trinajstić information content (AvgIpc) is 2.39. The second-order valence-electron chi connectivity index (χ2n) is 5.20. The number of carbonyl (C=O) groups is 2. The summed E-state index contributed by atoms with van der Waals surface area (Å²) in [4.78, 5) is 24.6. The molecule has 0 amide bonds. The molecule has 1 atom stereocenters. The lowest BCUT2D eigenvalue weighted by Crippen LogP contribution is -2.39. The van der Waals surface area contributed by atoms with Gasteiger partial charge in [-0.1, -0.05) is 30.3 Å². The van der Waals surface area contributed by atoms with E-state index in [4.69, 9.17) is 5.11 Å². The fourth-order valence-corrected chi connectivity index (χ4v) is 2.24. The smallest absolute Gasteiger partial charge is 0.314 e. The van der Waals surface area contributed by atoms with Gasteiger partial charge in [0.2, 0.25) is 0 Å². The van der Waals surface area contributed by atoms with Crippen LogP contribution in [0.15, 0.2) is 30.3 Å². The molecule has 1 aromatic rings. The Bertz CT molecular complexity index is 458. The molecule has 0 saturated carbocycles. The Morgan fingerprint density at radius 3 is 2.15 bits per heavy atom. The SMILES string of the molecule is CN(C)CC[C@](CCC(=O)O)(C(=O)O)c1ccccc1. The monoisotopic (exact) mass is 279 g/mol. The van der Waals surface area contributed by atoms with Crippen molar-refractivity contribution in [3.63, 3.8) is 0 Å². The fourth-order valence-electron chi connectivity index (χ4n) is 2.24. The topological polar surface area (TPSA) is 77.8 Å². The van der Waals surface area contributed by atoms with Crippen LogP contribution in [0.3, 0.4) is 0 Å². The minimum absolute atomic E-state index is 0.0928. The minimum atomic E-state index is -1.15. The summed E-state index contributed by atoms with van der Waals surface area (Å²) < 4.78 is 0. The van der Waals surface area contributed by atoms with Crippen LogP contribution in [0.2, 0.25) is 0 Å². The number of aliphatic carboxylic acids is 2. The van der Waals surface area contributed by atoms with Crippen LogP contribution in [0.4, 0.5) is 0 Å². The third-order valence-electron chi connectivity index (χ3n) is 3.49. The fraction of sp³-hybridized carbons (Fsp3) is 0.467. The molecule has 20 heavy (non-hydrogen) atoms. The van der Waals surface area contributed by atoms with Crippen molar-refractivity contribution in [3.05, 3.63) is 35.9 Å². The molecule has 1 aromatic carbocycles. The van der Waals surface area contributed by atoms with Crippen LogP contribution < -0.4 is 0 Å². The summed E-state index contributed by atoms with van der Waals surface area (Å²) in [5.41, 5.74) is -0.486. The first-order valence-corrected chi connectivity index (χ1v) is 6.54. The summed E-state index contributed by atoms with van der Waals surface area (Å²) in [6.07, 6.45) is 0.316. The number of hydrogen-bond donors (Lipinski definition) is 2. The zero-order chi connectivity index (χ0) is 15.2. The number of carboxylic acids is 2. The molecule has 5 nitrogen and oxygen atoms in total. The molecule has 0 aromatic heterocycles. The van der Waals surface area contributed by atoms with Crippen LogP contribution in [0.5, 0.6) is 0 Å². The molecule has 0 heterocycles. The maximum absolute atomic E-state index is 11.8. The molecular formula is C15H21NO4. The summed E-state index contributed by atoms with van der Waals surface area (Å²) in [6, 6.07) is 8.89. The number of rotatable bonds is 8. The first-order valence-electron chi connectivity index (χ1n) is 6.54. The quantitative estimate of drug-likeness (QED) is 0.759. The van der Waals surface area contributed by atoms with Gasteiger partial charge in [-0.15, -0.1) is 0 Å². The van der Waals surface area contributed by atoms with E-state index in [-0.39, 0.29) is 12.8 Å². The van der Waals surface area contributed by atoms with E-state index in [1.807, 2.05) is 25.1 Å². The normalized spacial score (nSPS) is 13.9. The number of hydrogen-bond acceptors (Lipinski definition) is 3. The Morgan fingerprint density at radius 2 is 1.70 bits per heavy atom. The second kappa shape index (κ2) is 7.05. The number of carboxylic acid groups (broad SMARTS) is 2. The van der Waals surface area contributed by atoms with E-state index in [2.05, 4.69) is 0 Å². The Balaban J connectivity index is 3.12. The van der Waals surface area contributed by atoms with Crippen LogP contribution in [0.25, 0.3) is 0 Å². The molecule has 0 unspecified atom stereocenters. The molecule has 0 aliphatic carbocycles. The Morgan fingerprint density at radius 1 is 1.10 bits per heavy atom. The Hall–Kier alpha value is -1.88. The molecule has 0 saturated heterocycles. The van der Waals surface area contributed by atoms with Crippen LogP contribution in [0, 0.1) is 0 Å². The van der Waals surface area contributed by atoms with Gasteiger partial charge in [0.15, 0.2) is 0 Å². The van der Waals surface area contributed by atoms with Crippen LogP contribution in [0.1, 0.15) is 24.8 Å². The molecule has 0 bridgehead atoms. The van der Waals surface area contributed by atoms with Crippen LogP contribution >= 0.6 is 0 Å². The summed E-state index contributed by atoms with van der Waals surface area (Å²) in [5.74, 6) is -1.94. The van der Waals surface area contributed by atoms with E-state index < -0.39 is 17.4 Å². The molecule has 0 radical (unpaired) electrons. The third-order valence-corrected chi connectivity index (χ3v) is 3.49. The highest BCUT2D eigenvalue weighted by atomic mass is 16.4. The van der Waals surface area contributed by atoms with Crippen LogP contribution in [-0.4, -0.2) is 47.7 Å². The molecule has 0 spiro atoms. The van der Waals surface area contributed by atoms with E-state index >= 15 is 0 Å². The predicted octanol–water partition coefficient (Wildman–Crippen LogP) is 1.83. The summed E-state index contributed by atoms with van der Waals surface area (Å²) in [7, 11) is 3.74. The van der Waals surface area contributed by atoms with Gasteiger partial charge < -0.3 is 15.1 Å². The molecule has 5 heteroatoms. The maximum Gasteiger partial charge on any atom is 0.314 e. The van der Waals surface area contributed by atoms with Gasteiger partial charge in [-0.25, -0.2) is 0 Å². The van der Waals surface area contributed by atoms with Gasteiger partial charge in [0.05, 0.1) is 5.41 Å². The number of nitrogens with zero attached hydrogens (tertiary/aromatic N) is 1. The lowest BCUT2D eigenvalue weighted by atomic mass is 9.74. The Kier molecular flexibility index (Phi) is 5.70. The van der Waals surface area contributed by atoms with Gasteiger partial charge in [-0.2, -0.15) is 0 Å². The predicted molar refractivity (Wildman–Crippen MR) is 75.8 cm³/mol. The summed E-state index contributed by atoms with van der Waals surface area (Å²) >= 11 is 0. The molecular weight excluding hydrogens is 258 g/mol. The van der Waals surface area contributed by atoms with Crippen molar-refractivity contribution in [3.8, 4) is 0 Å². The van der Waals surface area contributed by atoms with E-state index in [9.17, 15) is 14.7 Å². The van der Waals surface area contributed by atoms with Gasteiger partial charge in [-0.3, -0.25) is 9.59 Å². The molecule has 1 rings (SSSR count). The first kappa shape index (κ1) is 16.2. The van der Waals surface area contributed by atoms with E-state index in [0.717, 1.165) is 0 Å². The molecule has 110 valence electrons. The minimum Gasteiger partial charge on any atom is -0.481 e. The lowest BCUT2D eigenvalue weighted by Gasteiger charge is -2.31. The van der Waals surface area contributed by atoms with Gasteiger partial charge in [0.25, 0.3) is 0 Å². The van der Waals surface area contributed by atoms with Crippen molar-refractivity contribution in [2.75, 3.05) is 20.6 Å². The average molecular weight is 279 g/mol. The van der Waals surface area contributed by atoms with Crippen molar-refractivity contribution in [1.29, 1.82) is 0 Å². The van der Waals surface area contributed by atoms with Gasteiger partial charge in [-0.05, 0) is 39.0 Å². The van der Waals surface area contributed by atoms with E-state index in [1.54, 1.807) is 24.3 Å². The zero-order valence-electron chi connectivity index (χ0n) is 11.9. The number of benzene rings is 1. The largest absolute Gasteiger partial charge is 0.481 e. The van der Waals surface area contributed by atoms with Crippen molar-refractivity contribution in [2.45, 2.75) is 24.7 Å². The molecule has 2 N–H and O–H groups in total. The van der Waals surface area contributed by atoms with Crippen molar-refractivity contribution in [2.24, 2.45) is 0 Å². The van der Waals surface area contributed by atoms with Gasteiger partial charge >= 0.3 is 11.9 Å². The first-order chi connectivity index (χ1) is 9.38. The van der Waals surface area contributed by atoms with Crippen molar-refractivity contribution in [1.82, 2.24) is 4.90 Å². The highest BCUT2D eigenvalue weighted by Crippen LogP contribution is 2.33. The highest BCUT2D eigenvalue weighted by Gasteiger charge is 2.40. The van der Waals surface area contributed by atoms with Crippen molar-refractivity contribution < 1.29 is 19.8 Å². The van der Waals surface area contributed by atoms with Gasteiger partial charge in [0.1, 0.15) is 0 Å². The van der Waals surface area contributed by atoms with E-state index in [1.165, 1.54) is 0 Å². The maximum atomic E-state index is 11.8. The lowest BCUT2D eigenvalue weighted by molar-refractivity contribution is -0.145. The van der Waals surface area contributed by atoms with Gasteiger partial charge in [0, 0.05) is 6.42 Å². The Labute approximate surface area is 118 Å². The third kappa shape index (κ3) is 4.06.